The highest BCUT2D eigenvalue weighted by Crippen LogP contribution is 2.51. The minimum absolute atomic E-state index is 0.245. The molecule has 170 valence electrons. The van der Waals surface area contributed by atoms with E-state index in [1.807, 2.05) is 11.3 Å². The molecule has 4 aromatic carbocycles. The van der Waals surface area contributed by atoms with Crippen molar-refractivity contribution in [3.8, 4) is 11.1 Å². The Labute approximate surface area is 211 Å². The van der Waals surface area contributed by atoms with Crippen LogP contribution in [0.25, 0.3) is 58.5 Å². The van der Waals surface area contributed by atoms with Gasteiger partial charge in [0.1, 0.15) is 5.82 Å². The molecule has 4 heteroatoms. The van der Waals surface area contributed by atoms with Crippen LogP contribution in [0, 0.1) is 0 Å². The van der Waals surface area contributed by atoms with E-state index in [9.17, 15) is 0 Å². The van der Waals surface area contributed by atoms with Crippen molar-refractivity contribution in [3.05, 3.63) is 103 Å². The molecular formula is C32H21N3S. The molecule has 0 saturated carbocycles. The highest BCUT2D eigenvalue weighted by atomic mass is 32.1. The van der Waals surface area contributed by atoms with Crippen LogP contribution in [0.5, 0.6) is 0 Å². The first-order valence-corrected chi connectivity index (χ1v) is 13.3. The molecule has 0 bridgehead atoms. The topological polar surface area (TPSA) is 28.5 Å². The van der Waals surface area contributed by atoms with Gasteiger partial charge in [0.05, 0.1) is 28.8 Å². The first-order valence-electron chi connectivity index (χ1n) is 12.5. The number of fused-ring (bicyclic) bond motifs is 11. The van der Waals surface area contributed by atoms with Crippen LogP contribution in [0.1, 0.15) is 0 Å². The van der Waals surface area contributed by atoms with Crippen molar-refractivity contribution in [1.82, 2.24) is 4.40 Å². The summed E-state index contributed by atoms with van der Waals surface area (Å²) >= 11 is 1.90. The molecule has 3 aromatic heterocycles. The van der Waals surface area contributed by atoms with Crippen LogP contribution >= 0.6 is 11.3 Å². The Hall–Kier alpha value is -4.28. The zero-order valence-electron chi connectivity index (χ0n) is 19.3. The van der Waals surface area contributed by atoms with Crippen molar-refractivity contribution in [2.75, 3.05) is 10.6 Å². The standard InChI is InChI=1S/C32H21N3S/c1-2-8-18(9-3-1)19-14-15-26-21(16-19)28-27(36-26)17-22-30-32(34-24-12-6-5-11-23(24)33-30)35-25-13-7-4-10-20(25)29(28)31(22)35/h1-17,23-24,33-34H. The summed E-state index contributed by atoms with van der Waals surface area (Å²) in [5.41, 5.74) is 6.30. The SMILES string of the molecule is C1=CC2Nc3c(n4c5ccccc5c5c6c(cc3c54)sc3ccc(-c4ccccc4)cc36)NC2C=C1. The summed E-state index contributed by atoms with van der Waals surface area (Å²) in [4.78, 5) is 0. The van der Waals surface area contributed by atoms with Gasteiger partial charge in [0, 0.05) is 36.3 Å². The van der Waals surface area contributed by atoms with Crippen molar-refractivity contribution < 1.29 is 0 Å². The number of benzene rings is 4. The van der Waals surface area contributed by atoms with E-state index in [4.69, 9.17) is 0 Å². The molecule has 0 spiro atoms. The number of anilines is 2. The molecule has 4 heterocycles. The monoisotopic (exact) mass is 479 g/mol. The lowest BCUT2D eigenvalue weighted by molar-refractivity contribution is 0.760. The van der Waals surface area contributed by atoms with Crippen LogP contribution in [0.2, 0.25) is 0 Å². The minimum Gasteiger partial charge on any atom is -0.373 e. The van der Waals surface area contributed by atoms with Gasteiger partial charge in [-0.15, -0.1) is 11.3 Å². The maximum Gasteiger partial charge on any atom is 0.136 e. The van der Waals surface area contributed by atoms with Crippen molar-refractivity contribution in [2.45, 2.75) is 12.1 Å². The molecule has 3 nitrogen and oxygen atoms in total. The van der Waals surface area contributed by atoms with E-state index >= 15 is 0 Å². The lowest BCUT2D eigenvalue weighted by Gasteiger charge is -2.33. The Morgan fingerprint density at radius 3 is 2.33 bits per heavy atom. The van der Waals surface area contributed by atoms with Gasteiger partial charge in [-0.2, -0.15) is 0 Å². The Morgan fingerprint density at radius 1 is 0.639 bits per heavy atom. The van der Waals surface area contributed by atoms with E-state index in [2.05, 4.69) is 118 Å². The van der Waals surface area contributed by atoms with Gasteiger partial charge >= 0.3 is 0 Å². The molecule has 9 rings (SSSR count). The highest BCUT2D eigenvalue weighted by molar-refractivity contribution is 7.26. The molecule has 2 N–H and O–H groups in total. The maximum absolute atomic E-state index is 3.87. The third-order valence-corrected chi connectivity index (χ3v) is 9.07. The molecule has 7 aromatic rings. The zero-order chi connectivity index (χ0) is 23.4. The summed E-state index contributed by atoms with van der Waals surface area (Å²) in [7, 11) is 0. The molecule has 0 saturated heterocycles. The van der Waals surface area contributed by atoms with Crippen LogP contribution in [0.3, 0.4) is 0 Å². The molecule has 0 amide bonds. The summed E-state index contributed by atoms with van der Waals surface area (Å²) in [5, 5.41) is 14.4. The average Bonchev–Trinajstić information content (AvgIpc) is 3.57. The quantitative estimate of drug-likeness (QED) is 0.247. The lowest BCUT2D eigenvalue weighted by Crippen LogP contribution is -2.41. The predicted octanol–water partition coefficient (Wildman–Crippen LogP) is 8.42. The van der Waals surface area contributed by atoms with Crippen LogP contribution in [0.4, 0.5) is 11.5 Å². The second-order valence-corrected chi connectivity index (χ2v) is 11.0. The first kappa shape index (κ1) is 19.0. The van der Waals surface area contributed by atoms with E-state index in [-0.39, 0.29) is 12.1 Å². The second kappa shape index (κ2) is 6.68. The fourth-order valence-electron chi connectivity index (χ4n) is 6.39. The fraction of sp³-hybridized carbons (Fsp3) is 0.0625. The van der Waals surface area contributed by atoms with E-state index in [1.54, 1.807) is 0 Å². The molecule has 1 aliphatic heterocycles. The molecule has 0 radical (unpaired) electrons. The number of aromatic nitrogens is 1. The number of hydrogen-bond donors (Lipinski definition) is 2. The van der Waals surface area contributed by atoms with Gasteiger partial charge in [-0.3, -0.25) is 4.40 Å². The number of para-hydroxylation sites is 1. The maximum atomic E-state index is 3.87. The van der Waals surface area contributed by atoms with E-state index in [1.165, 1.54) is 70.0 Å². The number of hydrogen-bond acceptors (Lipinski definition) is 3. The summed E-state index contributed by atoms with van der Waals surface area (Å²) in [6, 6.07) is 29.4. The van der Waals surface area contributed by atoms with Crippen molar-refractivity contribution in [2.24, 2.45) is 0 Å². The number of rotatable bonds is 1. The van der Waals surface area contributed by atoms with Crippen LogP contribution in [-0.2, 0) is 0 Å². The second-order valence-electron chi connectivity index (χ2n) is 9.89. The summed E-state index contributed by atoms with van der Waals surface area (Å²) in [6.07, 6.45) is 8.79. The highest BCUT2D eigenvalue weighted by Gasteiger charge is 2.32. The van der Waals surface area contributed by atoms with Gasteiger partial charge in [0.25, 0.3) is 0 Å². The van der Waals surface area contributed by atoms with Crippen molar-refractivity contribution in [1.29, 1.82) is 0 Å². The Morgan fingerprint density at radius 2 is 1.44 bits per heavy atom. The first-order chi connectivity index (χ1) is 17.8. The largest absolute Gasteiger partial charge is 0.373 e. The summed E-state index contributed by atoms with van der Waals surface area (Å²) in [5.74, 6) is 1.17. The lowest BCUT2D eigenvalue weighted by atomic mass is 9.98. The number of thiophene rings is 1. The molecular weight excluding hydrogens is 458 g/mol. The number of nitrogens with zero attached hydrogens (tertiary/aromatic N) is 1. The third-order valence-electron chi connectivity index (χ3n) is 7.96. The molecule has 2 aliphatic rings. The molecule has 1 aliphatic carbocycles. The third kappa shape index (κ3) is 2.32. The van der Waals surface area contributed by atoms with Gasteiger partial charge in [-0.05, 0) is 35.4 Å². The number of nitrogens with one attached hydrogen (secondary N) is 2. The Balaban J connectivity index is 1.44. The van der Waals surface area contributed by atoms with Crippen LogP contribution in [0.15, 0.2) is 103 Å². The van der Waals surface area contributed by atoms with E-state index < -0.39 is 0 Å². The molecule has 2 atom stereocenters. The molecule has 2 unspecified atom stereocenters. The average molecular weight is 480 g/mol. The molecule has 0 fully saturated rings. The van der Waals surface area contributed by atoms with Crippen LogP contribution in [-0.4, -0.2) is 16.5 Å². The predicted molar refractivity (Wildman–Crippen MR) is 155 cm³/mol. The van der Waals surface area contributed by atoms with Gasteiger partial charge in [-0.1, -0.05) is 78.9 Å². The van der Waals surface area contributed by atoms with Gasteiger partial charge in [0.15, 0.2) is 0 Å². The van der Waals surface area contributed by atoms with Crippen molar-refractivity contribution in [3.63, 3.8) is 0 Å². The van der Waals surface area contributed by atoms with Gasteiger partial charge in [-0.25, -0.2) is 0 Å². The van der Waals surface area contributed by atoms with Gasteiger partial charge in [0.2, 0.25) is 0 Å². The molecule has 36 heavy (non-hydrogen) atoms. The minimum atomic E-state index is 0.245. The Kier molecular flexibility index (Phi) is 3.52. The normalized spacial score (nSPS) is 18.8. The van der Waals surface area contributed by atoms with Crippen LogP contribution < -0.4 is 10.6 Å². The van der Waals surface area contributed by atoms with Crippen molar-refractivity contribution >= 4 is 70.2 Å². The van der Waals surface area contributed by atoms with E-state index in [0.29, 0.717) is 0 Å². The smallest absolute Gasteiger partial charge is 0.136 e. The zero-order valence-corrected chi connectivity index (χ0v) is 20.1. The summed E-state index contributed by atoms with van der Waals surface area (Å²) < 4.78 is 5.14. The Bertz CT molecular complexity index is 2060. The number of allylic oxidation sites excluding steroid dienone is 2. The fourth-order valence-corrected chi connectivity index (χ4v) is 7.52. The van der Waals surface area contributed by atoms with E-state index in [0.717, 1.165) is 0 Å². The summed E-state index contributed by atoms with van der Waals surface area (Å²) in [6.45, 7) is 0. The van der Waals surface area contributed by atoms with Gasteiger partial charge < -0.3 is 10.6 Å².